The Morgan fingerprint density at radius 2 is 2.00 bits per heavy atom. The quantitative estimate of drug-likeness (QED) is 0.818. The number of rotatable bonds is 7. The average molecular weight is 283 g/mol. The second kappa shape index (κ2) is 7.28. The molecule has 0 saturated carbocycles. The molecule has 0 aliphatic heterocycles. The summed E-state index contributed by atoms with van der Waals surface area (Å²) in [5, 5.41) is 4.33. The Balaban J connectivity index is 2.47. The molecule has 0 spiro atoms. The maximum atomic E-state index is 6.02. The van der Waals surface area contributed by atoms with E-state index in [9.17, 15) is 0 Å². The van der Waals surface area contributed by atoms with Gasteiger partial charge in [-0.1, -0.05) is 51.4 Å². The molecule has 0 fully saturated rings. The van der Waals surface area contributed by atoms with Crippen molar-refractivity contribution in [1.82, 2.24) is 10.2 Å². The number of benzene rings is 1. The third kappa shape index (κ3) is 6.95. The van der Waals surface area contributed by atoms with Gasteiger partial charge in [0.15, 0.2) is 0 Å². The maximum absolute atomic E-state index is 6.02. The van der Waals surface area contributed by atoms with Gasteiger partial charge in [0.2, 0.25) is 0 Å². The van der Waals surface area contributed by atoms with Crippen LogP contribution in [0.25, 0.3) is 0 Å². The zero-order chi connectivity index (χ0) is 14.5. The molecule has 0 saturated heterocycles. The van der Waals surface area contributed by atoms with Crippen molar-refractivity contribution in [2.24, 2.45) is 5.41 Å². The normalized spacial score (nSPS) is 12.4. The van der Waals surface area contributed by atoms with Gasteiger partial charge in [0.1, 0.15) is 0 Å². The first-order valence-electron chi connectivity index (χ1n) is 6.95. The van der Waals surface area contributed by atoms with Crippen molar-refractivity contribution in [1.29, 1.82) is 0 Å². The van der Waals surface area contributed by atoms with Crippen LogP contribution in [0.5, 0.6) is 0 Å². The molecule has 3 heteroatoms. The summed E-state index contributed by atoms with van der Waals surface area (Å²) in [6.07, 6.45) is 0. The topological polar surface area (TPSA) is 15.3 Å². The lowest BCUT2D eigenvalue weighted by molar-refractivity contribution is 0.195. The molecule has 0 aliphatic carbocycles. The van der Waals surface area contributed by atoms with Crippen LogP contribution < -0.4 is 5.32 Å². The summed E-state index contributed by atoms with van der Waals surface area (Å²) in [4.78, 5) is 2.35. The summed E-state index contributed by atoms with van der Waals surface area (Å²) in [5.74, 6) is 0. The Morgan fingerprint density at radius 1 is 1.32 bits per heavy atom. The van der Waals surface area contributed by atoms with Crippen molar-refractivity contribution in [3.63, 3.8) is 0 Å². The lowest BCUT2D eigenvalue weighted by atomic mass is 9.92. The van der Waals surface area contributed by atoms with E-state index in [1.54, 1.807) is 0 Å². The number of halogens is 1. The Morgan fingerprint density at radius 3 is 2.58 bits per heavy atom. The van der Waals surface area contributed by atoms with Crippen molar-refractivity contribution in [2.75, 3.05) is 20.1 Å². The minimum absolute atomic E-state index is 0.262. The van der Waals surface area contributed by atoms with Gasteiger partial charge in [0, 0.05) is 30.7 Å². The Bertz CT molecular complexity index is 388. The third-order valence-electron chi connectivity index (χ3n) is 3.03. The first kappa shape index (κ1) is 16.5. The minimum Gasteiger partial charge on any atom is -0.314 e. The first-order valence-corrected chi connectivity index (χ1v) is 7.33. The highest BCUT2D eigenvalue weighted by Gasteiger charge is 2.20. The van der Waals surface area contributed by atoms with Crippen molar-refractivity contribution in [2.45, 2.75) is 40.3 Å². The molecule has 0 radical (unpaired) electrons. The van der Waals surface area contributed by atoms with E-state index in [1.165, 1.54) is 5.56 Å². The van der Waals surface area contributed by atoms with Crippen LogP contribution in [-0.2, 0) is 6.54 Å². The second-order valence-electron chi connectivity index (χ2n) is 6.50. The molecule has 0 aromatic heterocycles. The van der Waals surface area contributed by atoms with Crippen LogP contribution >= 0.6 is 11.6 Å². The molecule has 1 aromatic carbocycles. The summed E-state index contributed by atoms with van der Waals surface area (Å²) in [5.41, 5.74) is 1.53. The van der Waals surface area contributed by atoms with Gasteiger partial charge in [-0.05, 0) is 30.2 Å². The van der Waals surface area contributed by atoms with Gasteiger partial charge in [-0.25, -0.2) is 0 Å². The van der Waals surface area contributed by atoms with Crippen LogP contribution in [0.4, 0.5) is 0 Å². The maximum Gasteiger partial charge on any atom is 0.0409 e. The highest BCUT2D eigenvalue weighted by molar-refractivity contribution is 6.30. The molecule has 1 N–H and O–H groups in total. The minimum atomic E-state index is 0.262. The molecular weight excluding hydrogens is 256 g/mol. The van der Waals surface area contributed by atoms with Gasteiger partial charge < -0.3 is 10.2 Å². The lowest BCUT2D eigenvalue weighted by Crippen LogP contribution is -2.40. The smallest absolute Gasteiger partial charge is 0.0409 e. The average Bonchev–Trinajstić information content (AvgIpc) is 2.25. The van der Waals surface area contributed by atoms with Gasteiger partial charge in [0.05, 0.1) is 0 Å². The molecule has 0 atom stereocenters. The molecule has 19 heavy (non-hydrogen) atoms. The number of hydrogen-bond donors (Lipinski definition) is 1. The molecule has 1 rings (SSSR count). The summed E-state index contributed by atoms with van der Waals surface area (Å²) in [7, 11) is 2.16. The van der Waals surface area contributed by atoms with Gasteiger partial charge in [-0.2, -0.15) is 0 Å². The largest absolute Gasteiger partial charge is 0.314 e. The summed E-state index contributed by atoms with van der Waals surface area (Å²) >= 11 is 6.02. The van der Waals surface area contributed by atoms with Crippen molar-refractivity contribution >= 4 is 11.6 Å². The van der Waals surface area contributed by atoms with Crippen LogP contribution in [0.15, 0.2) is 24.3 Å². The third-order valence-corrected chi connectivity index (χ3v) is 3.26. The monoisotopic (exact) mass is 282 g/mol. The highest BCUT2D eigenvalue weighted by atomic mass is 35.5. The summed E-state index contributed by atoms with van der Waals surface area (Å²) in [6.45, 7) is 12.0. The van der Waals surface area contributed by atoms with Gasteiger partial charge in [0.25, 0.3) is 0 Å². The van der Waals surface area contributed by atoms with Crippen LogP contribution in [0.1, 0.15) is 33.3 Å². The van der Waals surface area contributed by atoms with Crippen molar-refractivity contribution in [3.8, 4) is 0 Å². The van der Waals surface area contributed by atoms with Crippen LogP contribution in [-0.4, -0.2) is 31.1 Å². The molecule has 0 bridgehead atoms. The van der Waals surface area contributed by atoms with E-state index in [0.717, 1.165) is 24.7 Å². The molecule has 108 valence electrons. The van der Waals surface area contributed by atoms with E-state index in [2.05, 4.69) is 51.0 Å². The molecule has 1 aromatic rings. The zero-order valence-electron chi connectivity index (χ0n) is 12.8. The van der Waals surface area contributed by atoms with E-state index >= 15 is 0 Å². The Labute approximate surface area is 123 Å². The summed E-state index contributed by atoms with van der Waals surface area (Å²) < 4.78 is 0. The first-order chi connectivity index (χ1) is 8.78. The number of hydrogen-bond acceptors (Lipinski definition) is 2. The van der Waals surface area contributed by atoms with Crippen LogP contribution in [0.2, 0.25) is 5.02 Å². The van der Waals surface area contributed by atoms with Crippen LogP contribution in [0.3, 0.4) is 0 Å². The number of nitrogens with zero attached hydrogens (tertiary/aromatic N) is 1. The fourth-order valence-corrected chi connectivity index (χ4v) is 2.48. The molecule has 0 heterocycles. The SMILES string of the molecule is CC(C)NCC(C)(C)CN(C)Cc1cccc(Cl)c1. The van der Waals surface area contributed by atoms with Gasteiger partial charge >= 0.3 is 0 Å². The van der Waals surface area contributed by atoms with Gasteiger partial charge in [-0.15, -0.1) is 0 Å². The Kier molecular flexibility index (Phi) is 6.31. The van der Waals surface area contributed by atoms with E-state index in [4.69, 9.17) is 11.6 Å². The number of nitrogens with one attached hydrogen (secondary N) is 1. The van der Waals surface area contributed by atoms with Crippen molar-refractivity contribution < 1.29 is 0 Å². The predicted molar refractivity (Wildman–Crippen MR) is 84.7 cm³/mol. The fraction of sp³-hybridized carbons (Fsp3) is 0.625. The lowest BCUT2D eigenvalue weighted by Gasteiger charge is -2.31. The van der Waals surface area contributed by atoms with Crippen molar-refractivity contribution in [3.05, 3.63) is 34.9 Å². The highest BCUT2D eigenvalue weighted by Crippen LogP contribution is 2.18. The Hall–Kier alpha value is -0.570. The predicted octanol–water partition coefficient (Wildman–Crippen LogP) is 3.80. The molecule has 0 amide bonds. The molecular formula is C16H27ClN2. The summed E-state index contributed by atoms with van der Waals surface area (Å²) in [6, 6.07) is 8.63. The zero-order valence-corrected chi connectivity index (χ0v) is 13.6. The van der Waals surface area contributed by atoms with E-state index in [0.29, 0.717) is 6.04 Å². The standard InChI is InChI=1S/C16H27ClN2/c1-13(2)18-11-16(3,4)12-19(5)10-14-7-6-8-15(17)9-14/h6-9,13,18H,10-12H2,1-5H3. The fourth-order valence-electron chi connectivity index (χ4n) is 2.27. The molecule has 2 nitrogen and oxygen atoms in total. The van der Waals surface area contributed by atoms with Crippen LogP contribution in [0, 0.1) is 5.41 Å². The molecule has 0 unspecified atom stereocenters. The second-order valence-corrected chi connectivity index (χ2v) is 6.94. The molecule has 0 aliphatic rings. The van der Waals surface area contributed by atoms with Gasteiger partial charge in [-0.3, -0.25) is 0 Å². The van der Waals surface area contributed by atoms with E-state index < -0.39 is 0 Å². The van der Waals surface area contributed by atoms with E-state index in [1.807, 2.05) is 18.2 Å². The van der Waals surface area contributed by atoms with E-state index in [-0.39, 0.29) is 5.41 Å².